The predicted octanol–water partition coefficient (Wildman–Crippen LogP) is 1.21. The summed E-state index contributed by atoms with van der Waals surface area (Å²) in [5, 5.41) is 10.6. The van der Waals surface area contributed by atoms with E-state index in [0.29, 0.717) is 0 Å². The van der Waals surface area contributed by atoms with Crippen molar-refractivity contribution < 1.29 is 9.90 Å². The highest BCUT2D eigenvalue weighted by Gasteiger charge is 2.07. The van der Waals surface area contributed by atoms with Crippen molar-refractivity contribution in [2.75, 3.05) is 0 Å². The third-order valence-corrected chi connectivity index (χ3v) is 2.84. The van der Waals surface area contributed by atoms with E-state index in [0.717, 1.165) is 16.7 Å². The zero-order valence-electron chi connectivity index (χ0n) is 9.10. The van der Waals surface area contributed by atoms with Gasteiger partial charge in [-0.3, -0.25) is 0 Å². The lowest BCUT2D eigenvalue weighted by Gasteiger charge is -2.15. The molecule has 0 spiro atoms. The van der Waals surface area contributed by atoms with E-state index in [4.69, 9.17) is 0 Å². The second-order valence-electron chi connectivity index (χ2n) is 3.79. The zero-order valence-corrected chi connectivity index (χ0v) is 9.10. The molecule has 0 amide bonds. The summed E-state index contributed by atoms with van der Waals surface area (Å²) in [4.78, 5) is 10.6. The van der Waals surface area contributed by atoms with Gasteiger partial charge in [0.2, 0.25) is 0 Å². The van der Waals surface area contributed by atoms with Gasteiger partial charge in [0.05, 0.1) is 0 Å². The topological polar surface area (TPSA) is 40.1 Å². The molecule has 1 aromatic rings. The molecule has 0 fully saturated rings. The number of hydrogen-bond donors (Lipinski definition) is 0. The summed E-state index contributed by atoms with van der Waals surface area (Å²) in [6.07, 6.45) is 0.0127. The van der Waals surface area contributed by atoms with E-state index in [1.165, 1.54) is 11.1 Å². The third-order valence-electron chi connectivity index (χ3n) is 2.84. The average molecular weight is 191 g/mol. The molecule has 0 N–H and O–H groups in total. The minimum Gasteiger partial charge on any atom is -0.550 e. The molecule has 0 aromatic heterocycles. The molecule has 2 nitrogen and oxygen atoms in total. The summed E-state index contributed by atoms with van der Waals surface area (Å²) in [5.74, 6) is -1.01. The van der Waals surface area contributed by atoms with Crippen LogP contribution >= 0.6 is 0 Å². The Hall–Kier alpha value is -1.31. The molecule has 14 heavy (non-hydrogen) atoms. The van der Waals surface area contributed by atoms with Gasteiger partial charge < -0.3 is 9.90 Å². The number of hydrogen-bond acceptors (Lipinski definition) is 2. The summed E-state index contributed by atoms with van der Waals surface area (Å²) >= 11 is 0. The van der Waals surface area contributed by atoms with Crippen molar-refractivity contribution in [1.82, 2.24) is 0 Å². The summed E-state index contributed by atoms with van der Waals surface area (Å²) in [5.41, 5.74) is 5.39. The van der Waals surface area contributed by atoms with Crippen molar-refractivity contribution in [1.29, 1.82) is 0 Å². The highest BCUT2D eigenvalue weighted by atomic mass is 16.4. The Kier molecular flexibility index (Phi) is 2.94. The maximum absolute atomic E-state index is 10.6. The molecule has 0 heterocycles. The summed E-state index contributed by atoms with van der Waals surface area (Å²) in [7, 11) is 0. The fourth-order valence-electron chi connectivity index (χ4n) is 1.75. The lowest BCUT2D eigenvalue weighted by atomic mass is 9.93. The van der Waals surface area contributed by atoms with Crippen molar-refractivity contribution in [3.63, 3.8) is 0 Å². The normalized spacial score (nSPS) is 10.3. The van der Waals surface area contributed by atoms with Gasteiger partial charge in [-0.15, -0.1) is 0 Å². The van der Waals surface area contributed by atoms with Crippen LogP contribution in [0.3, 0.4) is 0 Å². The monoisotopic (exact) mass is 191 g/mol. The molecule has 0 saturated carbocycles. The Morgan fingerprint density at radius 2 is 1.71 bits per heavy atom. The van der Waals surface area contributed by atoms with Crippen LogP contribution in [0, 0.1) is 27.7 Å². The Morgan fingerprint density at radius 1 is 1.14 bits per heavy atom. The van der Waals surface area contributed by atoms with Gasteiger partial charge in [-0.05, 0) is 55.5 Å². The minimum atomic E-state index is -1.01. The predicted molar refractivity (Wildman–Crippen MR) is 54.1 cm³/mol. The van der Waals surface area contributed by atoms with Crippen LogP contribution in [0.2, 0.25) is 0 Å². The number of carboxylic acid groups (broad SMARTS) is 1. The molecule has 1 rings (SSSR count). The van der Waals surface area contributed by atoms with Gasteiger partial charge in [-0.1, -0.05) is 6.07 Å². The first-order chi connectivity index (χ1) is 6.43. The third kappa shape index (κ3) is 1.95. The molecular formula is C12H15O2-. The molecule has 0 atom stereocenters. The van der Waals surface area contributed by atoms with Crippen LogP contribution in [-0.4, -0.2) is 5.97 Å². The first-order valence-electron chi connectivity index (χ1n) is 4.69. The van der Waals surface area contributed by atoms with Crippen molar-refractivity contribution >= 4 is 5.97 Å². The summed E-state index contributed by atoms with van der Waals surface area (Å²) in [6.45, 7) is 7.96. The van der Waals surface area contributed by atoms with Crippen LogP contribution in [0.4, 0.5) is 0 Å². The van der Waals surface area contributed by atoms with Gasteiger partial charge in [-0.25, -0.2) is 0 Å². The maximum atomic E-state index is 10.6. The molecule has 0 unspecified atom stereocenters. The van der Waals surface area contributed by atoms with Gasteiger partial charge in [0.25, 0.3) is 0 Å². The van der Waals surface area contributed by atoms with Crippen molar-refractivity contribution in [3.05, 3.63) is 33.9 Å². The average Bonchev–Trinajstić information content (AvgIpc) is 2.09. The highest BCUT2D eigenvalue weighted by molar-refractivity contribution is 5.69. The molecule has 0 aliphatic carbocycles. The van der Waals surface area contributed by atoms with E-state index < -0.39 is 5.97 Å². The highest BCUT2D eigenvalue weighted by Crippen LogP contribution is 2.21. The number of carbonyl (C=O) groups is 1. The van der Waals surface area contributed by atoms with Crippen LogP contribution in [0.1, 0.15) is 27.8 Å². The molecule has 2 heteroatoms. The van der Waals surface area contributed by atoms with Crippen LogP contribution < -0.4 is 5.11 Å². The minimum absolute atomic E-state index is 0.0127. The number of benzene rings is 1. The van der Waals surface area contributed by atoms with E-state index in [2.05, 4.69) is 0 Å². The summed E-state index contributed by atoms with van der Waals surface area (Å²) in [6, 6.07) is 2.03. The van der Waals surface area contributed by atoms with Gasteiger partial charge in [0.1, 0.15) is 0 Å². The lowest BCUT2D eigenvalue weighted by Crippen LogP contribution is -2.25. The maximum Gasteiger partial charge on any atom is 0.0458 e. The molecule has 0 aliphatic rings. The zero-order chi connectivity index (χ0) is 10.9. The van der Waals surface area contributed by atoms with Crippen LogP contribution in [-0.2, 0) is 11.2 Å². The lowest BCUT2D eigenvalue weighted by molar-refractivity contribution is -0.304. The first kappa shape index (κ1) is 10.8. The van der Waals surface area contributed by atoms with E-state index in [-0.39, 0.29) is 6.42 Å². The molecule has 0 radical (unpaired) electrons. The largest absolute Gasteiger partial charge is 0.550 e. The second-order valence-corrected chi connectivity index (χ2v) is 3.79. The fourth-order valence-corrected chi connectivity index (χ4v) is 1.75. The van der Waals surface area contributed by atoms with Crippen LogP contribution in [0.15, 0.2) is 6.07 Å². The first-order valence-corrected chi connectivity index (χ1v) is 4.69. The quantitative estimate of drug-likeness (QED) is 0.705. The van der Waals surface area contributed by atoms with E-state index in [1.54, 1.807) is 0 Å². The Balaban J connectivity index is 3.29. The molecule has 0 aliphatic heterocycles. The molecule has 0 saturated heterocycles. The van der Waals surface area contributed by atoms with Crippen molar-refractivity contribution in [2.24, 2.45) is 0 Å². The Morgan fingerprint density at radius 3 is 2.21 bits per heavy atom. The number of aryl methyl sites for hydroxylation is 2. The van der Waals surface area contributed by atoms with E-state index >= 15 is 0 Å². The number of carbonyl (C=O) groups excluding carboxylic acids is 1. The Labute approximate surface area is 84.6 Å². The van der Waals surface area contributed by atoms with Gasteiger partial charge in [0, 0.05) is 12.4 Å². The molecule has 0 bridgehead atoms. The molecule has 1 aromatic carbocycles. The SMILES string of the molecule is Cc1cc(C)c(CC(=O)[O-])c(C)c1C. The molecule has 76 valence electrons. The smallest absolute Gasteiger partial charge is 0.0458 e. The van der Waals surface area contributed by atoms with Gasteiger partial charge in [0.15, 0.2) is 0 Å². The standard InChI is InChI=1S/C12H16O2/c1-7-5-8(2)11(6-12(13)14)10(4)9(7)3/h5H,6H2,1-4H3,(H,13,14)/p-1. The summed E-state index contributed by atoms with van der Waals surface area (Å²) < 4.78 is 0. The van der Waals surface area contributed by atoms with E-state index in [1.807, 2.05) is 33.8 Å². The van der Waals surface area contributed by atoms with Gasteiger partial charge >= 0.3 is 0 Å². The van der Waals surface area contributed by atoms with Crippen molar-refractivity contribution in [3.8, 4) is 0 Å². The van der Waals surface area contributed by atoms with Crippen LogP contribution in [0.5, 0.6) is 0 Å². The second kappa shape index (κ2) is 3.82. The van der Waals surface area contributed by atoms with Crippen molar-refractivity contribution in [2.45, 2.75) is 34.1 Å². The van der Waals surface area contributed by atoms with Gasteiger partial charge in [-0.2, -0.15) is 0 Å². The van der Waals surface area contributed by atoms with Crippen LogP contribution in [0.25, 0.3) is 0 Å². The number of aliphatic carboxylic acids is 1. The van der Waals surface area contributed by atoms with E-state index in [9.17, 15) is 9.90 Å². The molecular weight excluding hydrogens is 176 g/mol. The number of rotatable bonds is 2. The fraction of sp³-hybridized carbons (Fsp3) is 0.417. The Bertz CT molecular complexity index is 378. The number of carboxylic acids is 1.